The van der Waals surface area contributed by atoms with Crippen LogP contribution in [-0.2, 0) is 12.4 Å². The van der Waals surface area contributed by atoms with Gasteiger partial charge in [-0.15, -0.1) is 11.6 Å². The standard InChI is InChI=1S/C13H18ClN3/c1-3-4-5-6-17-12(8-14)16-11-7-10(2)9-15-13(11)17/h7,9H,3-6,8H2,1-2H3. The maximum Gasteiger partial charge on any atom is 0.160 e. The van der Waals surface area contributed by atoms with Gasteiger partial charge in [0.1, 0.15) is 11.3 Å². The lowest BCUT2D eigenvalue weighted by Crippen LogP contribution is -2.03. The van der Waals surface area contributed by atoms with Gasteiger partial charge in [0.2, 0.25) is 0 Å². The molecule has 0 radical (unpaired) electrons. The Labute approximate surface area is 107 Å². The predicted molar refractivity (Wildman–Crippen MR) is 71.3 cm³/mol. The molecule has 0 aliphatic heterocycles. The number of halogens is 1. The molecule has 0 aliphatic carbocycles. The van der Waals surface area contributed by atoms with Crippen molar-refractivity contribution in [3.8, 4) is 0 Å². The lowest BCUT2D eigenvalue weighted by molar-refractivity contribution is 0.597. The molecule has 0 aromatic carbocycles. The van der Waals surface area contributed by atoms with Crippen LogP contribution in [0.1, 0.15) is 37.6 Å². The van der Waals surface area contributed by atoms with E-state index < -0.39 is 0 Å². The third-order valence-corrected chi connectivity index (χ3v) is 3.14. The third kappa shape index (κ3) is 2.60. The molecular weight excluding hydrogens is 234 g/mol. The summed E-state index contributed by atoms with van der Waals surface area (Å²) in [7, 11) is 0. The first-order chi connectivity index (χ1) is 8.26. The highest BCUT2D eigenvalue weighted by molar-refractivity contribution is 6.16. The maximum atomic E-state index is 5.95. The topological polar surface area (TPSA) is 30.7 Å². The Hall–Kier alpha value is -1.09. The molecule has 2 aromatic rings. The van der Waals surface area contributed by atoms with E-state index in [1.807, 2.05) is 13.1 Å². The highest BCUT2D eigenvalue weighted by Crippen LogP contribution is 2.17. The Balaban J connectivity index is 2.36. The number of unbranched alkanes of at least 4 members (excludes halogenated alkanes) is 2. The van der Waals surface area contributed by atoms with Crippen LogP contribution in [0.25, 0.3) is 11.2 Å². The summed E-state index contributed by atoms with van der Waals surface area (Å²) in [6.45, 7) is 5.20. The largest absolute Gasteiger partial charge is 0.312 e. The van der Waals surface area contributed by atoms with Gasteiger partial charge in [0, 0.05) is 12.7 Å². The molecule has 0 amide bonds. The van der Waals surface area contributed by atoms with E-state index in [9.17, 15) is 0 Å². The van der Waals surface area contributed by atoms with E-state index >= 15 is 0 Å². The molecule has 0 saturated carbocycles. The average Bonchev–Trinajstić information content (AvgIpc) is 2.67. The van der Waals surface area contributed by atoms with E-state index in [0.717, 1.165) is 35.5 Å². The van der Waals surface area contributed by atoms with Gasteiger partial charge in [0.25, 0.3) is 0 Å². The first-order valence-electron chi connectivity index (χ1n) is 6.14. The second-order valence-electron chi connectivity index (χ2n) is 4.38. The van der Waals surface area contributed by atoms with Crippen molar-refractivity contribution in [1.29, 1.82) is 0 Å². The number of nitrogens with zero attached hydrogens (tertiary/aromatic N) is 3. The minimum absolute atomic E-state index is 0.446. The number of pyridine rings is 1. The normalized spacial score (nSPS) is 11.2. The van der Waals surface area contributed by atoms with Crippen LogP contribution >= 0.6 is 11.6 Å². The van der Waals surface area contributed by atoms with E-state index in [0.29, 0.717) is 5.88 Å². The van der Waals surface area contributed by atoms with Gasteiger partial charge in [-0.25, -0.2) is 9.97 Å². The first-order valence-corrected chi connectivity index (χ1v) is 6.67. The fourth-order valence-corrected chi connectivity index (χ4v) is 2.22. The van der Waals surface area contributed by atoms with Crippen molar-refractivity contribution >= 4 is 22.8 Å². The molecule has 0 bridgehead atoms. The van der Waals surface area contributed by atoms with Crippen LogP contribution in [0.4, 0.5) is 0 Å². The van der Waals surface area contributed by atoms with E-state index in [1.165, 1.54) is 12.8 Å². The summed E-state index contributed by atoms with van der Waals surface area (Å²) < 4.78 is 2.15. The summed E-state index contributed by atoms with van der Waals surface area (Å²) in [6, 6.07) is 2.06. The maximum absolute atomic E-state index is 5.95. The van der Waals surface area contributed by atoms with Crippen molar-refractivity contribution in [3.63, 3.8) is 0 Å². The van der Waals surface area contributed by atoms with Crippen LogP contribution < -0.4 is 0 Å². The van der Waals surface area contributed by atoms with Crippen LogP contribution in [0.3, 0.4) is 0 Å². The number of imidazole rings is 1. The molecule has 2 rings (SSSR count). The molecule has 3 nitrogen and oxygen atoms in total. The van der Waals surface area contributed by atoms with Gasteiger partial charge in [-0.2, -0.15) is 0 Å². The molecule has 0 spiro atoms. The monoisotopic (exact) mass is 251 g/mol. The molecule has 4 heteroatoms. The lowest BCUT2D eigenvalue weighted by Gasteiger charge is -2.06. The van der Waals surface area contributed by atoms with Gasteiger partial charge < -0.3 is 4.57 Å². The minimum Gasteiger partial charge on any atom is -0.312 e. The van der Waals surface area contributed by atoms with Crippen molar-refractivity contribution in [2.75, 3.05) is 0 Å². The molecule has 0 N–H and O–H groups in total. The van der Waals surface area contributed by atoms with Gasteiger partial charge in [-0.05, 0) is 25.0 Å². The zero-order chi connectivity index (χ0) is 12.3. The summed E-state index contributed by atoms with van der Waals surface area (Å²) in [5.74, 6) is 1.37. The van der Waals surface area contributed by atoms with Crippen LogP contribution in [0.15, 0.2) is 12.3 Å². The highest BCUT2D eigenvalue weighted by Gasteiger charge is 2.10. The van der Waals surface area contributed by atoms with Gasteiger partial charge in [-0.1, -0.05) is 19.8 Å². The summed E-state index contributed by atoms with van der Waals surface area (Å²) in [4.78, 5) is 9.01. The molecule has 0 fully saturated rings. The van der Waals surface area contributed by atoms with E-state index in [-0.39, 0.29) is 0 Å². The number of hydrogen-bond donors (Lipinski definition) is 0. The van der Waals surface area contributed by atoms with E-state index in [1.54, 1.807) is 0 Å². The van der Waals surface area contributed by atoms with E-state index in [2.05, 4.69) is 27.5 Å². The van der Waals surface area contributed by atoms with Gasteiger partial charge in [0.05, 0.1) is 5.88 Å². The molecule has 92 valence electrons. The molecule has 2 heterocycles. The molecular formula is C13H18ClN3. The Morgan fingerprint density at radius 3 is 2.88 bits per heavy atom. The third-order valence-electron chi connectivity index (χ3n) is 2.91. The number of alkyl halides is 1. The zero-order valence-corrected chi connectivity index (χ0v) is 11.2. The molecule has 2 aromatic heterocycles. The number of aryl methyl sites for hydroxylation is 2. The van der Waals surface area contributed by atoms with Crippen molar-refractivity contribution < 1.29 is 0 Å². The van der Waals surface area contributed by atoms with Crippen molar-refractivity contribution in [3.05, 3.63) is 23.7 Å². The minimum atomic E-state index is 0.446. The van der Waals surface area contributed by atoms with Crippen molar-refractivity contribution in [1.82, 2.24) is 14.5 Å². The second kappa shape index (κ2) is 5.50. The molecule has 17 heavy (non-hydrogen) atoms. The Morgan fingerprint density at radius 2 is 2.18 bits per heavy atom. The van der Waals surface area contributed by atoms with Crippen molar-refractivity contribution in [2.24, 2.45) is 0 Å². The fourth-order valence-electron chi connectivity index (χ4n) is 2.02. The van der Waals surface area contributed by atoms with Gasteiger partial charge in [0.15, 0.2) is 5.65 Å². The van der Waals surface area contributed by atoms with E-state index in [4.69, 9.17) is 11.6 Å². The Morgan fingerprint density at radius 1 is 1.35 bits per heavy atom. The smallest absolute Gasteiger partial charge is 0.160 e. The predicted octanol–water partition coefficient (Wildman–Crippen LogP) is 3.67. The second-order valence-corrected chi connectivity index (χ2v) is 4.64. The fraction of sp³-hybridized carbons (Fsp3) is 0.538. The summed E-state index contributed by atoms with van der Waals surface area (Å²) in [5, 5.41) is 0. The van der Waals surface area contributed by atoms with Crippen LogP contribution in [0.2, 0.25) is 0 Å². The van der Waals surface area contributed by atoms with Crippen LogP contribution in [0.5, 0.6) is 0 Å². The summed E-state index contributed by atoms with van der Waals surface area (Å²) in [6.07, 6.45) is 5.49. The lowest BCUT2D eigenvalue weighted by atomic mass is 10.2. The van der Waals surface area contributed by atoms with Gasteiger partial charge in [-0.3, -0.25) is 0 Å². The molecule has 0 saturated heterocycles. The number of hydrogen-bond acceptors (Lipinski definition) is 2. The van der Waals surface area contributed by atoms with Crippen LogP contribution in [-0.4, -0.2) is 14.5 Å². The first kappa shape index (κ1) is 12.4. The number of aromatic nitrogens is 3. The van der Waals surface area contributed by atoms with Crippen LogP contribution in [0, 0.1) is 6.92 Å². The zero-order valence-electron chi connectivity index (χ0n) is 10.4. The summed E-state index contributed by atoms with van der Waals surface area (Å²) >= 11 is 5.95. The van der Waals surface area contributed by atoms with Crippen molar-refractivity contribution in [2.45, 2.75) is 45.5 Å². The number of rotatable bonds is 5. The highest BCUT2D eigenvalue weighted by atomic mass is 35.5. The molecule has 0 atom stereocenters. The Kier molecular flexibility index (Phi) is 4.00. The SMILES string of the molecule is CCCCCn1c(CCl)nc2cc(C)cnc21. The summed E-state index contributed by atoms with van der Waals surface area (Å²) in [5.41, 5.74) is 3.05. The van der Waals surface area contributed by atoms with Gasteiger partial charge >= 0.3 is 0 Å². The quantitative estimate of drug-likeness (QED) is 0.600. The number of fused-ring (bicyclic) bond motifs is 1. The molecule has 0 unspecified atom stereocenters. The molecule has 0 aliphatic rings. The average molecular weight is 252 g/mol. The Bertz CT molecular complexity index is 505.